The minimum Gasteiger partial charge on any atom is -0.491 e. The first kappa shape index (κ1) is 15.6. The molecule has 0 bridgehead atoms. The molecule has 2 N–H and O–H groups in total. The Hall–Kier alpha value is -1.75. The molecule has 5 nitrogen and oxygen atoms in total. The number of rotatable bonds is 7. The molecule has 0 radical (unpaired) electrons. The lowest BCUT2D eigenvalue weighted by molar-refractivity contribution is 0.117. The van der Waals surface area contributed by atoms with Gasteiger partial charge in [0.25, 0.3) is 0 Å². The number of nitrogens with zero attached hydrogens (tertiary/aromatic N) is 1. The van der Waals surface area contributed by atoms with Crippen molar-refractivity contribution in [1.82, 2.24) is 4.90 Å². The van der Waals surface area contributed by atoms with Crippen LogP contribution in [-0.2, 0) is 0 Å². The summed E-state index contributed by atoms with van der Waals surface area (Å²) in [4.78, 5) is 13.7. The monoisotopic (exact) mass is 292 g/mol. The maximum atomic E-state index is 12.2. The Morgan fingerprint density at radius 3 is 2.86 bits per heavy atom. The molecule has 1 aromatic rings. The molecule has 116 valence electrons. The minimum atomic E-state index is -0.424. The van der Waals surface area contributed by atoms with E-state index in [4.69, 9.17) is 4.74 Å². The standard InChI is InChI=1S/C16H24N2O3/c1-3-10-21-15-7-5-4-6-13(15)17-16(20)18(2)11-14(19)12-8-9-12/h4-7,12,14,19H,3,8-11H2,1-2H3,(H,17,20). The largest absolute Gasteiger partial charge is 0.491 e. The number of carbonyl (C=O) groups excluding carboxylic acids is 1. The molecule has 5 heteroatoms. The number of benzene rings is 1. The predicted molar refractivity (Wildman–Crippen MR) is 82.6 cm³/mol. The predicted octanol–water partition coefficient (Wildman–Crippen LogP) is 2.71. The Balaban J connectivity index is 1.91. The van der Waals surface area contributed by atoms with E-state index in [0.29, 0.717) is 30.5 Å². The quantitative estimate of drug-likeness (QED) is 0.812. The first-order chi connectivity index (χ1) is 10.1. The van der Waals surface area contributed by atoms with Crippen molar-refractivity contribution < 1.29 is 14.6 Å². The Kier molecular flexibility index (Phi) is 5.44. The van der Waals surface area contributed by atoms with Gasteiger partial charge in [0.15, 0.2) is 0 Å². The van der Waals surface area contributed by atoms with E-state index in [1.165, 1.54) is 4.90 Å². The number of para-hydroxylation sites is 2. The first-order valence-electron chi connectivity index (χ1n) is 7.53. The second kappa shape index (κ2) is 7.31. The lowest BCUT2D eigenvalue weighted by atomic mass is 10.2. The third-order valence-corrected chi connectivity index (χ3v) is 3.56. The van der Waals surface area contributed by atoms with Crippen molar-refractivity contribution >= 4 is 11.7 Å². The van der Waals surface area contributed by atoms with E-state index in [2.05, 4.69) is 5.32 Å². The van der Waals surface area contributed by atoms with Gasteiger partial charge in [-0.15, -0.1) is 0 Å². The number of anilines is 1. The van der Waals surface area contributed by atoms with Crippen LogP contribution in [0.1, 0.15) is 26.2 Å². The maximum Gasteiger partial charge on any atom is 0.321 e. The highest BCUT2D eigenvalue weighted by molar-refractivity contribution is 5.90. The Morgan fingerprint density at radius 1 is 1.48 bits per heavy atom. The molecular weight excluding hydrogens is 268 g/mol. The summed E-state index contributed by atoms with van der Waals surface area (Å²) in [6.45, 7) is 3.01. The number of carbonyl (C=O) groups is 1. The zero-order chi connectivity index (χ0) is 15.2. The highest BCUT2D eigenvalue weighted by Crippen LogP contribution is 2.32. The summed E-state index contributed by atoms with van der Waals surface area (Å²) >= 11 is 0. The number of ether oxygens (including phenoxy) is 1. The van der Waals surface area contributed by atoms with E-state index in [1.807, 2.05) is 31.2 Å². The fraction of sp³-hybridized carbons (Fsp3) is 0.562. The molecule has 0 saturated heterocycles. The molecule has 0 aromatic heterocycles. The van der Waals surface area contributed by atoms with E-state index in [-0.39, 0.29) is 6.03 Å². The topological polar surface area (TPSA) is 61.8 Å². The van der Waals surface area contributed by atoms with E-state index < -0.39 is 6.10 Å². The number of hydrogen-bond donors (Lipinski definition) is 2. The summed E-state index contributed by atoms with van der Waals surface area (Å²) < 4.78 is 5.61. The summed E-state index contributed by atoms with van der Waals surface area (Å²) in [7, 11) is 1.69. The Labute approximate surface area is 125 Å². The molecule has 0 heterocycles. The van der Waals surface area contributed by atoms with Gasteiger partial charge in [0, 0.05) is 13.6 Å². The van der Waals surface area contributed by atoms with E-state index in [0.717, 1.165) is 19.3 Å². The zero-order valence-electron chi connectivity index (χ0n) is 12.7. The van der Waals surface area contributed by atoms with Crippen molar-refractivity contribution in [3.8, 4) is 5.75 Å². The van der Waals surface area contributed by atoms with Gasteiger partial charge in [-0.3, -0.25) is 0 Å². The van der Waals surface area contributed by atoms with Crippen LogP contribution in [0.25, 0.3) is 0 Å². The highest BCUT2D eigenvalue weighted by Gasteiger charge is 2.31. The average molecular weight is 292 g/mol. The van der Waals surface area contributed by atoms with Gasteiger partial charge in [0.1, 0.15) is 5.75 Å². The number of amides is 2. The smallest absolute Gasteiger partial charge is 0.321 e. The first-order valence-corrected chi connectivity index (χ1v) is 7.53. The van der Waals surface area contributed by atoms with Crippen LogP contribution >= 0.6 is 0 Å². The zero-order valence-corrected chi connectivity index (χ0v) is 12.7. The average Bonchev–Trinajstić information content (AvgIpc) is 3.30. The minimum absolute atomic E-state index is 0.234. The van der Waals surface area contributed by atoms with Gasteiger partial charge in [-0.1, -0.05) is 19.1 Å². The van der Waals surface area contributed by atoms with Crippen LogP contribution in [0.15, 0.2) is 24.3 Å². The van der Waals surface area contributed by atoms with Gasteiger partial charge in [-0.2, -0.15) is 0 Å². The molecule has 1 unspecified atom stereocenters. The molecule has 1 fully saturated rings. The normalized spacial score (nSPS) is 15.4. The molecule has 2 amide bonds. The molecule has 1 aliphatic carbocycles. The maximum absolute atomic E-state index is 12.2. The van der Waals surface area contributed by atoms with Gasteiger partial charge < -0.3 is 20.1 Å². The third kappa shape index (κ3) is 4.63. The van der Waals surface area contributed by atoms with Crippen LogP contribution in [-0.4, -0.2) is 42.3 Å². The molecule has 2 rings (SSSR count). The van der Waals surface area contributed by atoms with Crippen molar-refractivity contribution in [1.29, 1.82) is 0 Å². The van der Waals surface area contributed by atoms with Gasteiger partial charge >= 0.3 is 6.03 Å². The molecule has 1 aliphatic rings. The van der Waals surface area contributed by atoms with Gasteiger partial charge in [-0.05, 0) is 37.3 Å². The van der Waals surface area contributed by atoms with Crippen LogP contribution in [0.2, 0.25) is 0 Å². The van der Waals surface area contributed by atoms with Gasteiger partial charge in [0.05, 0.1) is 18.4 Å². The van der Waals surface area contributed by atoms with Crippen molar-refractivity contribution in [2.45, 2.75) is 32.3 Å². The fourth-order valence-corrected chi connectivity index (χ4v) is 2.11. The van der Waals surface area contributed by atoms with E-state index in [9.17, 15) is 9.90 Å². The molecule has 0 aliphatic heterocycles. The Bertz CT molecular complexity index is 474. The third-order valence-electron chi connectivity index (χ3n) is 3.56. The van der Waals surface area contributed by atoms with Gasteiger partial charge in [0.2, 0.25) is 0 Å². The summed E-state index contributed by atoms with van der Waals surface area (Å²) in [5.41, 5.74) is 0.656. The SMILES string of the molecule is CCCOc1ccccc1NC(=O)N(C)CC(O)C1CC1. The molecule has 21 heavy (non-hydrogen) atoms. The Morgan fingerprint density at radius 2 is 2.19 bits per heavy atom. The van der Waals surface area contributed by atoms with Crippen LogP contribution < -0.4 is 10.1 Å². The molecule has 0 spiro atoms. The summed E-state index contributed by atoms with van der Waals surface area (Å²) in [6, 6.07) is 7.15. The number of aliphatic hydroxyl groups excluding tert-OH is 1. The van der Waals surface area contributed by atoms with Crippen molar-refractivity contribution in [3.05, 3.63) is 24.3 Å². The molecule has 1 atom stereocenters. The number of aliphatic hydroxyl groups is 1. The van der Waals surface area contributed by atoms with E-state index >= 15 is 0 Å². The van der Waals surface area contributed by atoms with Crippen molar-refractivity contribution in [2.75, 3.05) is 25.5 Å². The van der Waals surface area contributed by atoms with Crippen molar-refractivity contribution in [3.63, 3.8) is 0 Å². The lowest BCUT2D eigenvalue weighted by Crippen LogP contribution is -2.38. The number of urea groups is 1. The van der Waals surface area contributed by atoms with Crippen molar-refractivity contribution in [2.24, 2.45) is 5.92 Å². The van der Waals surface area contributed by atoms with Crippen LogP contribution in [0.5, 0.6) is 5.75 Å². The van der Waals surface area contributed by atoms with Gasteiger partial charge in [-0.25, -0.2) is 4.79 Å². The molecule has 1 aromatic carbocycles. The van der Waals surface area contributed by atoms with E-state index in [1.54, 1.807) is 7.05 Å². The number of likely N-dealkylation sites (N-methyl/N-ethyl adjacent to an activating group) is 1. The lowest BCUT2D eigenvalue weighted by Gasteiger charge is -2.22. The van der Waals surface area contributed by atoms with Crippen LogP contribution in [0, 0.1) is 5.92 Å². The highest BCUT2D eigenvalue weighted by atomic mass is 16.5. The summed E-state index contributed by atoms with van der Waals surface area (Å²) in [5.74, 6) is 1.03. The number of nitrogens with one attached hydrogen (secondary N) is 1. The fourth-order valence-electron chi connectivity index (χ4n) is 2.11. The summed E-state index contributed by atoms with van der Waals surface area (Å²) in [5, 5.41) is 12.7. The second-order valence-corrected chi connectivity index (χ2v) is 5.56. The number of hydrogen-bond acceptors (Lipinski definition) is 3. The molecule has 1 saturated carbocycles. The second-order valence-electron chi connectivity index (χ2n) is 5.56. The molecular formula is C16H24N2O3. The van der Waals surface area contributed by atoms with Crippen LogP contribution in [0.4, 0.5) is 10.5 Å². The van der Waals surface area contributed by atoms with Crippen LogP contribution in [0.3, 0.4) is 0 Å². The summed E-state index contributed by atoms with van der Waals surface area (Å²) in [6.07, 6.45) is 2.61.